The Morgan fingerprint density at radius 3 is 2.61 bits per heavy atom. The lowest BCUT2D eigenvalue weighted by atomic mass is 9.86. The number of aromatic nitrogens is 3. The van der Waals surface area contributed by atoms with Crippen LogP contribution in [0.25, 0.3) is 10.6 Å². The predicted octanol–water partition coefficient (Wildman–Crippen LogP) is 3.55. The molecule has 2 fully saturated rings. The number of carbonyl (C=O) groups excluding carboxylic acids is 1. The molecular formula is C19H22N4O4S. The van der Waals surface area contributed by atoms with Crippen molar-refractivity contribution >= 4 is 28.3 Å². The Balaban J connectivity index is 1.53. The SMILES string of the molecule is CC(=O)Nc1nc2c(s1)-c1c(c(C3CC3)nn1[C@H]1CC[C@H](C(=O)O)CC1)OC2. The van der Waals surface area contributed by atoms with Gasteiger partial charge in [-0.05, 0) is 38.5 Å². The number of ether oxygens (including phenoxy) is 1. The number of carbonyl (C=O) groups is 2. The van der Waals surface area contributed by atoms with Crippen molar-refractivity contribution in [3.05, 3.63) is 11.4 Å². The minimum atomic E-state index is -0.701. The van der Waals surface area contributed by atoms with Gasteiger partial charge < -0.3 is 15.2 Å². The van der Waals surface area contributed by atoms with Gasteiger partial charge in [-0.25, -0.2) is 4.98 Å². The second-order valence-electron chi connectivity index (χ2n) is 7.89. The van der Waals surface area contributed by atoms with E-state index in [1.54, 1.807) is 0 Å². The third-order valence-corrected chi connectivity index (χ3v) is 6.82. The maximum Gasteiger partial charge on any atom is 0.306 e. The van der Waals surface area contributed by atoms with Crippen molar-refractivity contribution in [2.75, 3.05) is 5.32 Å². The van der Waals surface area contributed by atoms with Crippen molar-refractivity contribution in [1.82, 2.24) is 14.8 Å². The number of carboxylic acid groups (broad SMARTS) is 1. The van der Waals surface area contributed by atoms with Crippen LogP contribution >= 0.6 is 11.3 Å². The van der Waals surface area contributed by atoms with Gasteiger partial charge in [0.25, 0.3) is 0 Å². The van der Waals surface area contributed by atoms with Crippen LogP contribution in [0, 0.1) is 5.92 Å². The fourth-order valence-corrected chi connectivity index (χ4v) is 5.27. The van der Waals surface area contributed by atoms with Crippen LogP contribution in [0.4, 0.5) is 5.13 Å². The van der Waals surface area contributed by atoms with Crippen LogP contribution in [-0.4, -0.2) is 31.7 Å². The zero-order chi connectivity index (χ0) is 19.4. The van der Waals surface area contributed by atoms with E-state index in [0.717, 1.165) is 53.4 Å². The molecule has 8 nitrogen and oxygen atoms in total. The van der Waals surface area contributed by atoms with E-state index in [0.29, 0.717) is 30.5 Å². The van der Waals surface area contributed by atoms with Crippen LogP contribution in [0.5, 0.6) is 5.75 Å². The Labute approximate surface area is 165 Å². The van der Waals surface area contributed by atoms with E-state index in [1.165, 1.54) is 18.3 Å². The summed E-state index contributed by atoms with van der Waals surface area (Å²) in [5.41, 5.74) is 2.80. The molecule has 0 saturated heterocycles. The third-order valence-electron chi connectivity index (χ3n) is 5.80. The standard InChI is InChI=1S/C19H22N4O4S/c1-9(24)20-19-21-13-8-27-16-14(10-2-3-10)22-23(15(16)17(13)28-19)12-6-4-11(5-7-12)18(25)26/h10-12H,2-8H2,1H3,(H,25,26)(H,20,21,24)/t11-,12-. The summed E-state index contributed by atoms with van der Waals surface area (Å²) in [5, 5.41) is 17.6. The van der Waals surface area contributed by atoms with Crippen molar-refractivity contribution in [3.8, 4) is 16.3 Å². The van der Waals surface area contributed by atoms with Gasteiger partial charge in [-0.15, -0.1) is 0 Å². The van der Waals surface area contributed by atoms with Crippen molar-refractivity contribution in [3.63, 3.8) is 0 Å². The Kier molecular flexibility index (Phi) is 4.15. The van der Waals surface area contributed by atoms with Gasteiger partial charge in [-0.2, -0.15) is 5.10 Å². The highest BCUT2D eigenvalue weighted by Gasteiger charge is 2.39. The number of thiazole rings is 1. The summed E-state index contributed by atoms with van der Waals surface area (Å²) in [4.78, 5) is 28.3. The summed E-state index contributed by atoms with van der Waals surface area (Å²) in [6.07, 6.45) is 5.18. The quantitative estimate of drug-likeness (QED) is 0.810. The molecular weight excluding hydrogens is 380 g/mol. The summed E-state index contributed by atoms with van der Waals surface area (Å²) in [5.74, 6) is 0.203. The first-order chi connectivity index (χ1) is 13.5. The van der Waals surface area contributed by atoms with E-state index in [4.69, 9.17) is 9.84 Å². The Morgan fingerprint density at radius 1 is 1.21 bits per heavy atom. The number of rotatable bonds is 4. The number of amides is 1. The molecule has 2 aromatic heterocycles. The smallest absolute Gasteiger partial charge is 0.306 e. The molecule has 5 rings (SSSR count). The summed E-state index contributed by atoms with van der Waals surface area (Å²) in [6.45, 7) is 1.86. The first-order valence-electron chi connectivity index (χ1n) is 9.77. The molecule has 2 aromatic rings. The molecule has 3 aliphatic rings. The van der Waals surface area contributed by atoms with Gasteiger partial charge in [0.05, 0.1) is 16.8 Å². The number of hydrogen-bond acceptors (Lipinski definition) is 6. The second-order valence-corrected chi connectivity index (χ2v) is 8.89. The molecule has 2 N–H and O–H groups in total. The molecule has 1 aliphatic heterocycles. The lowest BCUT2D eigenvalue weighted by Crippen LogP contribution is -2.24. The van der Waals surface area contributed by atoms with Gasteiger partial charge in [0.1, 0.15) is 23.7 Å². The number of nitrogens with one attached hydrogen (secondary N) is 1. The normalized spacial score (nSPS) is 23.5. The van der Waals surface area contributed by atoms with Gasteiger partial charge in [0.15, 0.2) is 10.9 Å². The highest BCUT2D eigenvalue weighted by molar-refractivity contribution is 7.19. The number of anilines is 1. The van der Waals surface area contributed by atoms with Gasteiger partial charge >= 0.3 is 5.97 Å². The average molecular weight is 402 g/mol. The monoisotopic (exact) mass is 402 g/mol. The average Bonchev–Trinajstić information content (AvgIpc) is 3.31. The summed E-state index contributed by atoms with van der Waals surface area (Å²) in [7, 11) is 0. The summed E-state index contributed by atoms with van der Waals surface area (Å²) in [6, 6.07) is 0.165. The van der Waals surface area contributed by atoms with E-state index in [-0.39, 0.29) is 17.9 Å². The third kappa shape index (κ3) is 2.97. The van der Waals surface area contributed by atoms with Crippen LogP contribution in [0.2, 0.25) is 0 Å². The fourth-order valence-electron chi connectivity index (χ4n) is 4.22. The van der Waals surface area contributed by atoms with Gasteiger partial charge in [0, 0.05) is 12.8 Å². The maximum atomic E-state index is 11.4. The molecule has 0 spiro atoms. The first kappa shape index (κ1) is 17.7. The zero-order valence-corrected chi connectivity index (χ0v) is 16.4. The molecule has 0 atom stereocenters. The van der Waals surface area contributed by atoms with Crippen molar-refractivity contribution < 1.29 is 19.4 Å². The van der Waals surface area contributed by atoms with Gasteiger partial charge in [0.2, 0.25) is 5.91 Å². The minimum Gasteiger partial charge on any atom is -0.483 e. The summed E-state index contributed by atoms with van der Waals surface area (Å²) >= 11 is 1.46. The largest absolute Gasteiger partial charge is 0.483 e. The molecule has 0 bridgehead atoms. The van der Waals surface area contributed by atoms with Crippen molar-refractivity contribution in [2.24, 2.45) is 5.92 Å². The number of carboxylic acids is 1. The Hall–Kier alpha value is -2.42. The van der Waals surface area contributed by atoms with Crippen molar-refractivity contribution in [1.29, 1.82) is 0 Å². The molecule has 2 saturated carbocycles. The molecule has 2 aliphatic carbocycles. The fraction of sp³-hybridized carbons (Fsp3) is 0.579. The predicted molar refractivity (Wildman–Crippen MR) is 103 cm³/mol. The van der Waals surface area contributed by atoms with E-state index >= 15 is 0 Å². The lowest BCUT2D eigenvalue weighted by Gasteiger charge is -2.28. The van der Waals surface area contributed by atoms with E-state index < -0.39 is 5.97 Å². The van der Waals surface area contributed by atoms with Crippen LogP contribution in [0.15, 0.2) is 0 Å². The molecule has 0 unspecified atom stereocenters. The Morgan fingerprint density at radius 2 is 1.96 bits per heavy atom. The molecule has 3 heterocycles. The molecule has 1 amide bonds. The highest BCUT2D eigenvalue weighted by Crippen LogP contribution is 2.52. The minimum absolute atomic E-state index is 0.147. The van der Waals surface area contributed by atoms with Crippen LogP contribution in [-0.2, 0) is 16.2 Å². The number of hydrogen-bond donors (Lipinski definition) is 2. The van der Waals surface area contributed by atoms with Crippen LogP contribution in [0.3, 0.4) is 0 Å². The van der Waals surface area contributed by atoms with Gasteiger partial charge in [-0.1, -0.05) is 11.3 Å². The molecule has 148 valence electrons. The second kappa shape index (κ2) is 6.58. The van der Waals surface area contributed by atoms with E-state index in [1.807, 2.05) is 0 Å². The van der Waals surface area contributed by atoms with Gasteiger partial charge in [-0.3, -0.25) is 14.3 Å². The number of fused-ring (bicyclic) bond motifs is 3. The highest BCUT2D eigenvalue weighted by atomic mass is 32.1. The van der Waals surface area contributed by atoms with Crippen LogP contribution in [0.1, 0.15) is 68.8 Å². The molecule has 0 radical (unpaired) electrons. The molecule has 9 heteroatoms. The molecule has 0 aromatic carbocycles. The topological polar surface area (TPSA) is 106 Å². The Bertz CT molecular complexity index is 954. The van der Waals surface area contributed by atoms with Crippen molar-refractivity contribution in [2.45, 2.75) is 64.0 Å². The lowest BCUT2D eigenvalue weighted by molar-refractivity contribution is -0.143. The maximum absolute atomic E-state index is 11.4. The van der Waals surface area contributed by atoms with E-state index in [2.05, 4.69) is 15.0 Å². The first-order valence-corrected chi connectivity index (χ1v) is 10.6. The number of nitrogens with zero attached hydrogens (tertiary/aromatic N) is 3. The van der Waals surface area contributed by atoms with Crippen LogP contribution < -0.4 is 10.1 Å². The van der Waals surface area contributed by atoms with E-state index in [9.17, 15) is 14.7 Å². The summed E-state index contributed by atoms with van der Waals surface area (Å²) < 4.78 is 8.15. The number of aliphatic carboxylic acids is 1. The zero-order valence-electron chi connectivity index (χ0n) is 15.6. The molecule has 28 heavy (non-hydrogen) atoms.